The van der Waals surface area contributed by atoms with Gasteiger partial charge < -0.3 is 4.57 Å². The molecule has 0 saturated heterocycles. The predicted molar refractivity (Wildman–Crippen MR) is 97.7 cm³/mol. The number of aryl methyl sites for hydroxylation is 1. The number of aromatic nitrogens is 3. The maximum Gasteiger partial charge on any atom is 0.259 e. The highest BCUT2D eigenvalue weighted by Crippen LogP contribution is 2.36. The number of benzene rings is 1. The van der Waals surface area contributed by atoms with Gasteiger partial charge in [-0.25, -0.2) is 4.98 Å². The van der Waals surface area contributed by atoms with Crippen LogP contribution in [-0.4, -0.2) is 14.0 Å². The first-order valence-corrected chi connectivity index (χ1v) is 9.49. The van der Waals surface area contributed by atoms with Crippen LogP contribution >= 0.6 is 11.8 Å². The first-order valence-electron chi connectivity index (χ1n) is 8.50. The van der Waals surface area contributed by atoms with Crippen LogP contribution in [0.1, 0.15) is 43.0 Å². The van der Waals surface area contributed by atoms with Crippen LogP contribution in [0.3, 0.4) is 0 Å². The molecule has 0 atom stereocenters. The Balaban J connectivity index is 1.77. The van der Waals surface area contributed by atoms with Crippen molar-refractivity contribution in [3.63, 3.8) is 0 Å². The van der Waals surface area contributed by atoms with Gasteiger partial charge in [0, 0.05) is 29.8 Å². The SMILES string of the molecule is Cc1cc(=O)n2cc(SCc3ccccc3)n(C3CCCC3)c2n1. The summed E-state index contributed by atoms with van der Waals surface area (Å²) in [6.45, 7) is 1.89. The average Bonchev–Trinajstić information content (AvgIpc) is 3.21. The number of hydrogen-bond donors (Lipinski definition) is 0. The molecule has 1 aliphatic carbocycles. The van der Waals surface area contributed by atoms with E-state index in [4.69, 9.17) is 0 Å². The van der Waals surface area contributed by atoms with Crippen LogP contribution in [0.4, 0.5) is 0 Å². The molecule has 2 heterocycles. The normalized spacial score (nSPS) is 15.4. The lowest BCUT2D eigenvalue weighted by atomic mass is 10.2. The summed E-state index contributed by atoms with van der Waals surface area (Å²) < 4.78 is 4.01. The molecule has 5 heteroatoms. The summed E-state index contributed by atoms with van der Waals surface area (Å²) in [7, 11) is 0. The van der Waals surface area contributed by atoms with Gasteiger partial charge in [-0.1, -0.05) is 43.2 Å². The van der Waals surface area contributed by atoms with E-state index in [2.05, 4.69) is 33.8 Å². The van der Waals surface area contributed by atoms with E-state index in [1.54, 1.807) is 22.2 Å². The first kappa shape index (κ1) is 15.5. The second-order valence-electron chi connectivity index (χ2n) is 6.46. The van der Waals surface area contributed by atoms with E-state index in [1.165, 1.54) is 31.2 Å². The molecule has 0 unspecified atom stereocenters. The zero-order valence-electron chi connectivity index (χ0n) is 13.8. The van der Waals surface area contributed by atoms with E-state index in [0.717, 1.165) is 22.3 Å². The van der Waals surface area contributed by atoms with Gasteiger partial charge in [-0.3, -0.25) is 9.20 Å². The third kappa shape index (κ3) is 2.88. The average molecular weight is 339 g/mol. The lowest BCUT2D eigenvalue weighted by molar-refractivity contribution is 0.498. The van der Waals surface area contributed by atoms with Gasteiger partial charge in [-0.2, -0.15) is 0 Å². The van der Waals surface area contributed by atoms with Crippen molar-refractivity contribution in [2.45, 2.75) is 49.4 Å². The van der Waals surface area contributed by atoms with Crippen molar-refractivity contribution in [2.24, 2.45) is 0 Å². The highest BCUT2D eigenvalue weighted by atomic mass is 32.2. The summed E-state index contributed by atoms with van der Waals surface area (Å²) in [4.78, 5) is 17.0. The van der Waals surface area contributed by atoms with Crippen LogP contribution < -0.4 is 5.56 Å². The summed E-state index contributed by atoms with van der Waals surface area (Å²) >= 11 is 1.79. The summed E-state index contributed by atoms with van der Waals surface area (Å²) in [5, 5.41) is 1.14. The Morgan fingerprint density at radius 2 is 1.96 bits per heavy atom. The Labute approximate surface area is 145 Å². The van der Waals surface area contributed by atoms with Crippen molar-refractivity contribution >= 4 is 17.5 Å². The molecule has 4 nitrogen and oxygen atoms in total. The lowest BCUT2D eigenvalue weighted by Crippen LogP contribution is -2.15. The summed E-state index contributed by atoms with van der Waals surface area (Å²) in [6.07, 6.45) is 6.83. The molecule has 24 heavy (non-hydrogen) atoms. The molecule has 2 aromatic heterocycles. The molecule has 0 radical (unpaired) electrons. The standard InChI is InChI=1S/C19H21N3OS/c1-14-11-17(23)21-12-18(24-13-15-7-3-2-4-8-15)22(19(21)20-14)16-9-5-6-10-16/h2-4,7-8,11-12,16H,5-6,9-10,13H2,1H3. The molecule has 1 saturated carbocycles. The summed E-state index contributed by atoms with van der Waals surface area (Å²) in [6, 6.07) is 12.5. The Bertz CT molecular complexity index is 908. The van der Waals surface area contributed by atoms with Gasteiger partial charge in [-0.15, -0.1) is 11.8 Å². The number of fused-ring (bicyclic) bond motifs is 1. The maximum absolute atomic E-state index is 12.4. The monoisotopic (exact) mass is 339 g/mol. The second-order valence-corrected chi connectivity index (χ2v) is 7.45. The lowest BCUT2D eigenvalue weighted by Gasteiger charge is -2.16. The molecule has 1 fully saturated rings. The topological polar surface area (TPSA) is 39.3 Å². The fraction of sp³-hybridized carbons (Fsp3) is 0.368. The van der Waals surface area contributed by atoms with E-state index >= 15 is 0 Å². The molecular formula is C19H21N3OS. The number of imidazole rings is 1. The largest absolute Gasteiger partial charge is 0.302 e. The van der Waals surface area contributed by atoms with Crippen molar-refractivity contribution in [3.8, 4) is 0 Å². The Morgan fingerprint density at radius 1 is 1.21 bits per heavy atom. The van der Waals surface area contributed by atoms with Crippen LogP contribution in [0.5, 0.6) is 0 Å². The van der Waals surface area contributed by atoms with Crippen molar-refractivity contribution in [3.05, 3.63) is 64.2 Å². The van der Waals surface area contributed by atoms with Crippen LogP contribution in [-0.2, 0) is 5.75 Å². The molecule has 1 aromatic carbocycles. The molecule has 0 amide bonds. The van der Waals surface area contributed by atoms with Crippen LogP contribution in [0.25, 0.3) is 5.78 Å². The van der Waals surface area contributed by atoms with Crippen LogP contribution in [0.2, 0.25) is 0 Å². The molecule has 3 aromatic rings. The fourth-order valence-electron chi connectivity index (χ4n) is 3.50. The van der Waals surface area contributed by atoms with Crippen molar-refractivity contribution < 1.29 is 0 Å². The van der Waals surface area contributed by atoms with E-state index in [0.29, 0.717) is 6.04 Å². The summed E-state index contributed by atoms with van der Waals surface area (Å²) in [5.74, 6) is 1.69. The predicted octanol–water partition coefficient (Wildman–Crippen LogP) is 4.21. The minimum Gasteiger partial charge on any atom is -0.302 e. The third-order valence-corrected chi connectivity index (χ3v) is 5.75. The van der Waals surface area contributed by atoms with Gasteiger partial charge in [0.2, 0.25) is 5.78 Å². The quantitative estimate of drug-likeness (QED) is 0.668. The highest BCUT2D eigenvalue weighted by Gasteiger charge is 2.23. The minimum atomic E-state index is 0.0100. The molecule has 0 bridgehead atoms. The molecule has 1 aliphatic rings. The van der Waals surface area contributed by atoms with Crippen molar-refractivity contribution in [2.75, 3.05) is 0 Å². The van der Waals surface area contributed by atoms with Gasteiger partial charge in [0.05, 0.1) is 5.03 Å². The van der Waals surface area contributed by atoms with Crippen molar-refractivity contribution in [1.29, 1.82) is 0 Å². The zero-order valence-corrected chi connectivity index (χ0v) is 14.6. The van der Waals surface area contributed by atoms with E-state index < -0.39 is 0 Å². The highest BCUT2D eigenvalue weighted by molar-refractivity contribution is 7.98. The van der Waals surface area contributed by atoms with E-state index in [9.17, 15) is 4.79 Å². The number of nitrogens with zero attached hydrogens (tertiary/aromatic N) is 3. The number of thioether (sulfide) groups is 1. The molecule has 4 rings (SSSR count). The van der Waals surface area contributed by atoms with Gasteiger partial charge in [0.15, 0.2) is 0 Å². The molecule has 0 aliphatic heterocycles. The maximum atomic E-state index is 12.4. The number of hydrogen-bond acceptors (Lipinski definition) is 3. The zero-order chi connectivity index (χ0) is 16.5. The van der Waals surface area contributed by atoms with E-state index in [1.807, 2.05) is 19.2 Å². The van der Waals surface area contributed by atoms with E-state index in [-0.39, 0.29) is 5.56 Å². The molecule has 0 spiro atoms. The second kappa shape index (κ2) is 6.48. The molecule has 0 N–H and O–H groups in total. The van der Waals surface area contributed by atoms with Crippen LogP contribution in [0.15, 0.2) is 52.4 Å². The smallest absolute Gasteiger partial charge is 0.259 e. The Hall–Kier alpha value is -2.01. The third-order valence-electron chi connectivity index (χ3n) is 4.67. The van der Waals surface area contributed by atoms with Gasteiger partial charge in [0.1, 0.15) is 0 Å². The Kier molecular flexibility index (Phi) is 4.19. The van der Waals surface area contributed by atoms with Gasteiger partial charge >= 0.3 is 0 Å². The van der Waals surface area contributed by atoms with Gasteiger partial charge in [-0.05, 0) is 25.3 Å². The minimum absolute atomic E-state index is 0.0100. The van der Waals surface area contributed by atoms with Crippen LogP contribution in [0, 0.1) is 6.92 Å². The molecule has 124 valence electrons. The number of rotatable bonds is 4. The first-order chi connectivity index (χ1) is 11.7. The van der Waals surface area contributed by atoms with Gasteiger partial charge in [0.25, 0.3) is 5.56 Å². The molecular weight excluding hydrogens is 318 g/mol. The Morgan fingerprint density at radius 3 is 2.71 bits per heavy atom. The van der Waals surface area contributed by atoms with Crippen molar-refractivity contribution in [1.82, 2.24) is 14.0 Å². The fourth-order valence-corrected chi connectivity index (χ4v) is 4.55. The summed E-state index contributed by atoms with van der Waals surface area (Å²) in [5.41, 5.74) is 2.09.